The predicted molar refractivity (Wildman–Crippen MR) is 118 cm³/mol. The van der Waals surface area contributed by atoms with E-state index in [-0.39, 0.29) is 11.9 Å². The molecule has 0 fully saturated rings. The average Bonchev–Trinajstić information content (AvgIpc) is 3.34. The molecule has 6 heteroatoms. The third-order valence-electron chi connectivity index (χ3n) is 4.89. The molecule has 3 aromatic carbocycles. The molecule has 4 rings (SSSR count). The molecule has 1 aromatic heterocycles. The molecule has 4 aromatic rings. The van der Waals surface area contributed by atoms with E-state index in [1.807, 2.05) is 66.9 Å². The quantitative estimate of drug-likeness (QED) is 0.488. The summed E-state index contributed by atoms with van der Waals surface area (Å²) >= 11 is 1.30. The predicted octanol–water partition coefficient (Wildman–Crippen LogP) is 5.23. The molecular weight excluding hydrogens is 392 g/mol. The molecule has 146 valence electrons. The number of benzene rings is 3. The third-order valence-corrected chi connectivity index (χ3v) is 5.39. The molecule has 0 saturated carbocycles. The maximum Gasteiger partial charge on any atom is 0.251 e. The highest BCUT2D eigenvalue weighted by atomic mass is 32.1. The SMILES string of the molecule is CC(NC(=O)c1ccc(-c2csnn2)cc1)c1ccc(-c2cccc(C#N)c2)cc1. The van der Waals surface area contributed by atoms with Crippen LogP contribution in [0.2, 0.25) is 0 Å². The van der Waals surface area contributed by atoms with Crippen molar-refractivity contribution < 1.29 is 4.79 Å². The number of carbonyl (C=O) groups is 1. The van der Waals surface area contributed by atoms with Crippen LogP contribution in [0.4, 0.5) is 0 Å². The molecule has 0 aliphatic heterocycles. The lowest BCUT2D eigenvalue weighted by Crippen LogP contribution is -2.26. The van der Waals surface area contributed by atoms with Crippen molar-refractivity contribution in [2.75, 3.05) is 0 Å². The molecule has 0 aliphatic rings. The fourth-order valence-electron chi connectivity index (χ4n) is 3.18. The van der Waals surface area contributed by atoms with Crippen LogP contribution in [0.3, 0.4) is 0 Å². The fraction of sp³-hybridized carbons (Fsp3) is 0.0833. The standard InChI is InChI=1S/C24H18N4OS/c1-16(18-5-7-19(8-6-18)22-4-2-3-17(13-22)14-25)26-24(29)21-11-9-20(10-12-21)23-15-30-28-27-23/h2-13,15-16H,1H3,(H,26,29). The first-order valence-corrected chi connectivity index (χ1v) is 10.3. The summed E-state index contributed by atoms with van der Waals surface area (Å²) in [5, 5.41) is 18.0. The molecule has 1 atom stereocenters. The lowest BCUT2D eigenvalue weighted by Gasteiger charge is -2.15. The van der Waals surface area contributed by atoms with Gasteiger partial charge >= 0.3 is 0 Å². The Hall–Kier alpha value is -3.82. The second-order valence-electron chi connectivity index (χ2n) is 6.88. The van der Waals surface area contributed by atoms with E-state index < -0.39 is 0 Å². The van der Waals surface area contributed by atoms with Gasteiger partial charge in [0, 0.05) is 16.5 Å². The minimum atomic E-state index is -0.139. The Morgan fingerprint density at radius 2 is 1.73 bits per heavy atom. The second-order valence-corrected chi connectivity index (χ2v) is 7.49. The van der Waals surface area contributed by atoms with Gasteiger partial charge in [0.1, 0.15) is 5.69 Å². The van der Waals surface area contributed by atoms with Crippen LogP contribution in [-0.4, -0.2) is 15.5 Å². The van der Waals surface area contributed by atoms with Crippen molar-refractivity contribution in [3.8, 4) is 28.5 Å². The Balaban J connectivity index is 1.43. The summed E-state index contributed by atoms with van der Waals surface area (Å²) in [6.07, 6.45) is 0. The molecule has 1 amide bonds. The smallest absolute Gasteiger partial charge is 0.251 e. The maximum atomic E-state index is 12.6. The molecule has 0 radical (unpaired) electrons. The van der Waals surface area contributed by atoms with Gasteiger partial charge in [-0.1, -0.05) is 53.0 Å². The minimum absolute atomic E-state index is 0.128. The van der Waals surface area contributed by atoms with Gasteiger partial charge in [0.15, 0.2) is 0 Å². The number of amides is 1. The molecule has 0 saturated heterocycles. The second kappa shape index (κ2) is 8.68. The molecule has 5 nitrogen and oxygen atoms in total. The number of carbonyl (C=O) groups excluding carboxylic acids is 1. The highest BCUT2D eigenvalue weighted by Gasteiger charge is 2.12. The van der Waals surface area contributed by atoms with Crippen molar-refractivity contribution in [1.29, 1.82) is 5.26 Å². The Kier molecular flexibility index (Phi) is 5.64. The van der Waals surface area contributed by atoms with E-state index in [4.69, 9.17) is 5.26 Å². The molecule has 1 N–H and O–H groups in total. The summed E-state index contributed by atoms with van der Waals surface area (Å²) in [4.78, 5) is 12.6. The van der Waals surface area contributed by atoms with Gasteiger partial charge in [-0.3, -0.25) is 4.79 Å². The molecule has 1 unspecified atom stereocenters. The molecule has 0 aliphatic carbocycles. The maximum absolute atomic E-state index is 12.6. The topological polar surface area (TPSA) is 78.7 Å². The van der Waals surface area contributed by atoms with Gasteiger partial charge in [-0.05, 0) is 59.4 Å². The van der Waals surface area contributed by atoms with E-state index >= 15 is 0 Å². The molecule has 1 heterocycles. The summed E-state index contributed by atoms with van der Waals surface area (Å²) in [5.74, 6) is -0.128. The van der Waals surface area contributed by atoms with Crippen LogP contribution in [0.1, 0.15) is 34.5 Å². The number of hydrogen-bond acceptors (Lipinski definition) is 5. The summed E-state index contributed by atoms with van der Waals surface area (Å²) in [5.41, 5.74) is 6.00. The first-order valence-electron chi connectivity index (χ1n) is 9.43. The van der Waals surface area contributed by atoms with E-state index in [1.165, 1.54) is 11.5 Å². The molecule has 30 heavy (non-hydrogen) atoms. The first kappa shape index (κ1) is 19.5. The zero-order chi connectivity index (χ0) is 20.9. The van der Waals surface area contributed by atoms with E-state index in [0.717, 1.165) is 27.9 Å². The van der Waals surface area contributed by atoms with Crippen molar-refractivity contribution in [3.05, 3.63) is 94.9 Å². The minimum Gasteiger partial charge on any atom is -0.346 e. The van der Waals surface area contributed by atoms with Crippen molar-refractivity contribution >= 4 is 17.4 Å². The Morgan fingerprint density at radius 3 is 2.40 bits per heavy atom. The van der Waals surface area contributed by atoms with Gasteiger partial charge in [0.2, 0.25) is 0 Å². The van der Waals surface area contributed by atoms with Crippen LogP contribution in [0.15, 0.2) is 78.2 Å². The first-order chi connectivity index (χ1) is 14.6. The summed E-state index contributed by atoms with van der Waals surface area (Å²) in [6.45, 7) is 1.96. The van der Waals surface area contributed by atoms with Crippen molar-refractivity contribution in [2.24, 2.45) is 0 Å². The summed E-state index contributed by atoms with van der Waals surface area (Å²) in [7, 11) is 0. The largest absolute Gasteiger partial charge is 0.346 e. The van der Waals surface area contributed by atoms with Gasteiger partial charge in [-0.25, -0.2) is 0 Å². The van der Waals surface area contributed by atoms with Crippen molar-refractivity contribution in [1.82, 2.24) is 14.9 Å². The molecular formula is C24H18N4OS. The van der Waals surface area contributed by atoms with Crippen LogP contribution in [-0.2, 0) is 0 Å². The third kappa shape index (κ3) is 4.27. The Labute approximate surface area is 178 Å². The van der Waals surface area contributed by atoms with Crippen LogP contribution >= 0.6 is 11.5 Å². The van der Waals surface area contributed by atoms with E-state index in [9.17, 15) is 4.79 Å². The normalized spacial score (nSPS) is 11.5. The highest BCUT2D eigenvalue weighted by molar-refractivity contribution is 7.03. The Bertz CT molecular complexity index is 1190. The average molecular weight is 411 g/mol. The van der Waals surface area contributed by atoms with Crippen LogP contribution in [0.5, 0.6) is 0 Å². The zero-order valence-electron chi connectivity index (χ0n) is 16.2. The molecule has 0 spiro atoms. The van der Waals surface area contributed by atoms with Crippen LogP contribution < -0.4 is 5.32 Å². The summed E-state index contributed by atoms with van der Waals surface area (Å²) < 4.78 is 3.86. The van der Waals surface area contributed by atoms with E-state index in [1.54, 1.807) is 18.2 Å². The number of aromatic nitrogens is 2. The van der Waals surface area contributed by atoms with Gasteiger partial charge in [0.05, 0.1) is 17.7 Å². The van der Waals surface area contributed by atoms with Gasteiger partial charge in [0.25, 0.3) is 5.91 Å². The number of hydrogen-bond donors (Lipinski definition) is 1. The van der Waals surface area contributed by atoms with E-state index in [0.29, 0.717) is 11.1 Å². The van der Waals surface area contributed by atoms with Gasteiger partial charge < -0.3 is 5.32 Å². The van der Waals surface area contributed by atoms with Gasteiger partial charge in [-0.2, -0.15) is 5.26 Å². The van der Waals surface area contributed by atoms with Gasteiger partial charge in [-0.15, -0.1) is 5.10 Å². The highest BCUT2D eigenvalue weighted by Crippen LogP contribution is 2.23. The number of nitrogens with one attached hydrogen (secondary N) is 1. The fourth-order valence-corrected chi connectivity index (χ4v) is 3.64. The molecule has 0 bridgehead atoms. The summed E-state index contributed by atoms with van der Waals surface area (Å²) in [6, 6.07) is 24.9. The monoisotopic (exact) mass is 410 g/mol. The van der Waals surface area contributed by atoms with Crippen molar-refractivity contribution in [3.63, 3.8) is 0 Å². The van der Waals surface area contributed by atoms with Crippen LogP contribution in [0.25, 0.3) is 22.4 Å². The number of rotatable bonds is 5. The Morgan fingerprint density at radius 1 is 1.00 bits per heavy atom. The lowest BCUT2D eigenvalue weighted by molar-refractivity contribution is 0.0940. The lowest BCUT2D eigenvalue weighted by atomic mass is 10.00. The number of nitrogens with zero attached hydrogens (tertiary/aromatic N) is 3. The van der Waals surface area contributed by atoms with Crippen LogP contribution in [0, 0.1) is 11.3 Å². The van der Waals surface area contributed by atoms with E-state index in [2.05, 4.69) is 21.0 Å². The zero-order valence-corrected chi connectivity index (χ0v) is 17.1. The van der Waals surface area contributed by atoms with Crippen molar-refractivity contribution in [2.45, 2.75) is 13.0 Å². The number of nitriles is 1.